The first kappa shape index (κ1) is 41.5. The van der Waals surface area contributed by atoms with Gasteiger partial charge in [0.1, 0.15) is 6.54 Å². The molecule has 0 spiro atoms. The fourth-order valence-electron chi connectivity index (χ4n) is 6.67. The molecule has 42 heavy (non-hydrogen) atoms. The fourth-order valence-corrected chi connectivity index (χ4v) is 6.67. The molecule has 0 aliphatic carbocycles. The molecule has 1 rings (SSSR count). The minimum Gasteiger partial charge on any atom is -1.00 e. The van der Waals surface area contributed by atoms with Gasteiger partial charge in [-0.1, -0.05) is 198 Å². The topological polar surface area (TPSA) is 0 Å². The summed E-state index contributed by atoms with van der Waals surface area (Å²) in [6.07, 6.45) is 40.6. The molecule has 0 saturated heterocycles. The third-order valence-corrected chi connectivity index (χ3v) is 9.51. The molecule has 0 heterocycles. The van der Waals surface area contributed by atoms with Crippen molar-refractivity contribution in [1.29, 1.82) is 0 Å². The summed E-state index contributed by atoms with van der Waals surface area (Å²) in [7, 11) is 2.54. The lowest BCUT2D eigenvalue weighted by atomic mass is 10.0. The van der Waals surface area contributed by atoms with Crippen LogP contribution in [0.15, 0.2) is 30.3 Å². The molecule has 0 amide bonds. The second-order valence-corrected chi connectivity index (χ2v) is 13.9. The van der Waals surface area contributed by atoms with Crippen molar-refractivity contribution in [3.05, 3.63) is 35.9 Å². The van der Waals surface area contributed by atoms with Crippen LogP contribution >= 0.6 is 0 Å². The Kier molecular flexibility index (Phi) is 31.5. The van der Waals surface area contributed by atoms with Gasteiger partial charge in [0.15, 0.2) is 0 Å². The molecule has 0 N–H and O–H groups in total. The number of halogens is 1. The lowest BCUT2D eigenvalue weighted by Gasteiger charge is -2.35. The van der Waals surface area contributed by atoms with E-state index >= 15 is 0 Å². The number of quaternary nitrogens is 1. The molecule has 0 aliphatic heterocycles. The molecule has 0 atom stereocenters. The normalized spacial score (nSPS) is 11.6. The van der Waals surface area contributed by atoms with Crippen molar-refractivity contribution in [2.75, 3.05) is 20.1 Å². The van der Waals surface area contributed by atoms with E-state index in [0.717, 1.165) is 0 Å². The van der Waals surface area contributed by atoms with E-state index in [9.17, 15) is 0 Å². The van der Waals surface area contributed by atoms with Crippen LogP contribution in [0.1, 0.15) is 199 Å². The van der Waals surface area contributed by atoms with Gasteiger partial charge in [-0.3, -0.25) is 0 Å². The standard InChI is InChI=1S/C40H76N.ClH/c1-4-6-8-10-12-14-16-18-20-22-24-26-28-33-37-41(3,39-40-35-31-30-32-36-40)38-34-29-27-25-23-21-19-17-15-13-11-9-7-5-2;/h30-32,35-36H,4-29,33-34,37-39H2,1-3H3;1H/q+1;/p-1. The number of benzene rings is 1. The molecule has 0 fully saturated rings. The number of unbranched alkanes of at least 4 members (excludes halogenated alkanes) is 26. The van der Waals surface area contributed by atoms with E-state index in [4.69, 9.17) is 0 Å². The summed E-state index contributed by atoms with van der Waals surface area (Å²) in [5.74, 6) is 0. The van der Waals surface area contributed by atoms with Crippen LogP contribution in [-0.4, -0.2) is 24.6 Å². The highest BCUT2D eigenvalue weighted by Gasteiger charge is 2.21. The van der Waals surface area contributed by atoms with E-state index in [0.29, 0.717) is 0 Å². The zero-order valence-electron chi connectivity index (χ0n) is 29.1. The molecule has 0 aliphatic rings. The molecule has 1 aromatic rings. The van der Waals surface area contributed by atoms with Gasteiger partial charge < -0.3 is 16.9 Å². The number of hydrogen-bond donors (Lipinski definition) is 0. The van der Waals surface area contributed by atoms with E-state index < -0.39 is 0 Å². The number of nitrogens with zero attached hydrogens (tertiary/aromatic N) is 1. The third-order valence-electron chi connectivity index (χ3n) is 9.51. The first-order chi connectivity index (χ1) is 20.2. The van der Waals surface area contributed by atoms with Gasteiger partial charge in [-0.2, -0.15) is 0 Å². The first-order valence-corrected chi connectivity index (χ1v) is 19.1. The van der Waals surface area contributed by atoms with Gasteiger partial charge in [0.05, 0.1) is 20.1 Å². The predicted molar refractivity (Wildman–Crippen MR) is 187 cm³/mol. The van der Waals surface area contributed by atoms with Crippen molar-refractivity contribution in [2.24, 2.45) is 0 Å². The lowest BCUT2D eigenvalue weighted by molar-refractivity contribution is -0.923. The van der Waals surface area contributed by atoms with E-state index in [1.54, 1.807) is 0 Å². The molecule has 0 aromatic heterocycles. The van der Waals surface area contributed by atoms with Crippen LogP contribution in [0.3, 0.4) is 0 Å². The SMILES string of the molecule is CCCCCCCCCCCCCCCC[N+](C)(CCCCCCCCCCCCCCCC)Cc1ccccc1.[Cl-]. The highest BCUT2D eigenvalue weighted by atomic mass is 35.5. The highest BCUT2D eigenvalue weighted by Crippen LogP contribution is 2.19. The molecule has 1 aromatic carbocycles. The van der Waals surface area contributed by atoms with E-state index in [-0.39, 0.29) is 12.4 Å². The molecular formula is C40H76ClN. The van der Waals surface area contributed by atoms with Gasteiger partial charge in [-0.05, 0) is 25.7 Å². The molecule has 2 heteroatoms. The maximum Gasteiger partial charge on any atom is 0.104 e. The third kappa shape index (κ3) is 27.0. The maximum absolute atomic E-state index is 2.54. The van der Waals surface area contributed by atoms with Crippen molar-refractivity contribution in [1.82, 2.24) is 0 Å². The second kappa shape index (κ2) is 31.9. The smallest absolute Gasteiger partial charge is 0.104 e. The summed E-state index contributed by atoms with van der Waals surface area (Å²) < 4.78 is 1.24. The van der Waals surface area contributed by atoms with E-state index in [1.165, 1.54) is 209 Å². The summed E-state index contributed by atoms with van der Waals surface area (Å²) >= 11 is 0. The largest absolute Gasteiger partial charge is 1.00 e. The molecule has 0 saturated carbocycles. The monoisotopic (exact) mass is 606 g/mol. The average Bonchev–Trinajstić information content (AvgIpc) is 2.98. The van der Waals surface area contributed by atoms with Crippen molar-refractivity contribution >= 4 is 0 Å². The summed E-state index contributed by atoms with van der Waals surface area (Å²) in [4.78, 5) is 0. The summed E-state index contributed by atoms with van der Waals surface area (Å²) in [5.41, 5.74) is 1.52. The van der Waals surface area contributed by atoms with Crippen LogP contribution in [-0.2, 0) is 6.54 Å². The van der Waals surface area contributed by atoms with Crippen LogP contribution in [0.25, 0.3) is 0 Å². The van der Waals surface area contributed by atoms with E-state index in [2.05, 4.69) is 51.2 Å². The molecule has 0 unspecified atom stereocenters. The summed E-state index contributed by atoms with van der Waals surface area (Å²) in [5, 5.41) is 0. The Morgan fingerprint density at radius 2 is 0.643 bits per heavy atom. The quantitative estimate of drug-likeness (QED) is 0.0566. The number of rotatable bonds is 32. The second-order valence-electron chi connectivity index (χ2n) is 13.9. The van der Waals surface area contributed by atoms with Crippen molar-refractivity contribution in [3.8, 4) is 0 Å². The summed E-state index contributed by atoms with van der Waals surface area (Å²) in [6, 6.07) is 11.3. The Labute approximate surface area is 272 Å². The van der Waals surface area contributed by atoms with Gasteiger partial charge in [0, 0.05) is 5.56 Å². The van der Waals surface area contributed by atoms with Crippen molar-refractivity contribution in [2.45, 2.75) is 200 Å². The van der Waals surface area contributed by atoms with Crippen LogP contribution < -0.4 is 12.4 Å². The highest BCUT2D eigenvalue weighted by molar-refractivity contribution is 5.13. The Hall–Kier alpha value is -0.530. The van der Waals surface area contributed by atoms with E-state index in [1.807, 2.05) is 0 Å². The molecule has 0 radical (unpaired) electrons. The summed E-state index contributed by atoms with van der Waals surface area (Å²) in [6.45, 7) is 8.53. The van der Waals surface area contributed by atoms with Gasteiger partial charge in [0.25, 0.3) is 0 Å². The maximum atomic E-state index is 2.54. The average molecular weight is 607 g/mol. The Morgan fingerprint density at radius 3 is 0.929 bits per heavy atom. The van der Waals surface area contributed by atoms with Gasteiger partial charge >= 0.3 is 0 Å². The number of hydrogen-bond acceptors (Lipinski definition) is 0. The van der Waals surface area contributed by atoms with Crippen molar-refractivity contribution < 1.29 is 16.9 Å². The minimum absolute atomic E-state index is 0. The lowest BCUT2D eigenvalue weighted by Crippen LogP contribution is -3.00. The van der Waals surface area contributed by atoms with Gasteiger partial charge in [-0.25, -0.2) is 0 Å². The zero-order valence-corrected chi connectivity index (χ0v) is 29.9. The zero-order chi connectivity index (χ0) is 29.5. The minimum atomic E-state index is 0. The van der Waals surface area contributed by atoms with Crippen LogP contribution in [0.5, 0.6) is 0 Å². The van der Waals surface area contributed by atoms with Crippen LogP contribution in [0.2, 0.25) is 0 Å². The fraction of sp³-hybridized carbons (Fsp3) is 0.850. The molecule has 248 valence electrons. The van der Waals surface area contributed by atoms with Gasteiger partial charge in [-0.15, -0.1) is 0 Å². The van der Waals surface area contributed by atoms with Crippen LogP contribution in [0, 0.1) is 0 Å². The Bertz CT molecular complexity index is 598. The van der Waals surface area contributed by atoms with Crippen molar-refractivity contribution in [3.63, 3.8) is 0 Å². The Morgan fingerprint density at radius 1 is 0.381 bits per heavy atom. The molecular weight excluding hydrogens is 530 g/mol. The Balaban J connectivity index is 0.0000168. The predicted octanol–water partition coefficient (Wildman–Crippen LogP) is 10.6. The van der Waals surface area contributed by atoms with Gasteiger partial charge in [0.2, 0.25) is 0 Å². The molecule has 0 bridgehead atoms. The first-order valence-electron chi connectivity index (χ1n) is 19.1. The molecule has 1 nitrogen and oxygen atoms in total. The van der Waals surface area contributed by atoms with Crippen LogP contribution in [0.4, 0.5) is 0 Å².